The quantitative estimate of drug-likeness (QED) is 0.756. The summed E-state index contributed by atoms with van der Waals surface area (Å²) >= 11 is 4.96. The van der Waals surface area contributed by atoms with Gasteiger partial charge in [-0.15, -0.1) is 0 Å². The van der Waals surface area contributed by atoms with Gasteiger partial charge in [0.1, 0.15) is 5.82 Å². The Kier molecular flexibility index (Phi) is 4.75. The molecule has 1 atom stereocenters. The van der Waals surface area contributed by atoms with Gasteiger partial charge in [-0.05, 0) is 12.8 Å². The van der Waals surface area contributed by atoms with Crippen LogP contribution in [0, 0.1) is 0 Å². The van der Waals surface area contributed by atoms with Crippen molar-refractivity contribution < 1.29 is 0 Å². The van der Waals surface area contributed by atoms with E-state index < -0.39 is 0 Å². The Labute approximate surface area is 96.7 Å². The van der Waals surface area contributed by atoms with Crippen molar-refractivity contribution in [1.82, 2.24) is 9.55 Å². The highest BCUT2D eigenvalue weighted by Crippen LogP contribution is 2.18. The lowest BCUT2D eigenvalue weighted by molar-refractivity contribution is 0.482. The second kappa shape index (κ2) is 5.85. The van der Waals surface area contributed by atoms with Crippen LogP contribution in [0.3, 0.4) is 0 Å². The van der Waals surface area contributed by atoms with Crippen molar-refractivity contribution in [2.24, 2.45) is 5.73 Å². The number of hydrogen-bond acceptors (Lipinski definition) is 2. The fourth-order valence-electron chi connectivity index (χ4n) is 1.77. The summed E-state index contributed by atoms with van der Waals surface area (Å²) in [5, 5.41) is 0. The van der Waals surface area contributed by atoms with Crippen LogP contribution in [0.5, 0.6) is 0 Å². The molecule has 1 unspecified atom stereocenters. The fourth-order valence-corrected chi connectivity index (χ4v) is 1.96. The predicted octanol–water partition coefficient (Wildman–Crippen LogP) is 2.46. The first-order valence-corrected chi connectivity index (χ1v) is 5.89. The first-order valence-electron chi connectivity index (χ1n) is 5.49. The van der Waals surface area contributed by atoms with Crippen molar-refractivity contribution in [3.8, 4) is 0 Å². The van der Waals surface area contributed by atoms with E-state index in [-0.39, 0.29) is 0 Å². The zero-order valence-corrected chi connectivity index (χ0v) is 10.3. The minimum atomic E-state index is 0.367. The lowest BCUT2D eigenvalue weighted by Gasteiger charge is -2.18. The van der Waals surface area contributed by atoms with Gasteiger partial charge in [-0.25, -0.2) is 4.98 Å². The third-order valence-corrected chi connectivity index (χ3v) is 2.69. The summed E-state index contributed by atoms with van der Waals surface area (Å²) in [5.74, 6) is 1.14. The molecule has 2 N–H and O–H groups in total. The number of hydrogen-bond donors (Lipinski definition) is 1. The number of aromatic nitrogens is 2. The van der Waals surface area contributed by atoms with Crippen molar-refractivity contribution in [2.45, 2.75) is 45.6 Å². The molecule has 0 bridgehead atoms. The van der Waals surface area contributed by atoms with Gasteiger partial charge >= 0.3 is 0 Å². The molecular weight excluding hydrogens is 206 g/mol. The largest absolute Gasteiger partial charge is 0.393 e. The Morgan fingerprint density at radius 1 is 1.60 bits per heavy atom. The maximum atomic E-state index is 5.60. The van der Waals surface area contributed by atoms with Crippen LogP contribution < -0.4 is 5.73 Å². The minimum absolute atomic E-state index is 0.367. The highest BCUT2D eigenvalue weighted by Gasteiger charge is 2.13. The molecule has 0 aliphatic rings. The second-order valence-corrected chi connectivity index (χ2v) is 4.26. The molecule has 0 spiro atoms. The van der Waals surface area contributed by atoms with Gasteiger partial charge < -0.3 is 10.3 Å². The Hall–Kier alpha value is -0.900. The Morgan fingerprint density at radius 2 is 2.33 bits per heavy atom. The fraction of sp³-hybridized carbons (Fsp3) is 0.636. The van der Waals surface area contributed by atoms with Crippen LogP contribution in [0.15, 0.2) is 12.4 Å². The van der Waals surface area contributed by atoms with E-state index in [1.54, 1.807) is 0 Å². The number of nitrogens with two attached hydrogens (primary N) is 1. The first kappa shape index (κ1) is 12.2. The molecule has 0 aliphatic heterocycles. The molecule has 3 nitrogen and oxygen atoms in total. The zero-order valence-electron chi connectivity index (χ0n) is 9.44. The molecule has 4 heteroatoms. The van der Waals surface area contributed by atoms with E-state index in [2.05, 4.69) is 23.4 Å². The standard InChI is InChI=1S/C11H19N3S/c1-3-5-11-13-6-7-14(11)9(4-2)8-10(12)15/h6-7,9H,3-5,8H2,1-2H3,(H2,12,15). The molecule has 0 amide bonds. The van der Waals surface area contributed by atoms with Crippen LogP contribution in [0.4, 0.5) is 0 Å². The Bertz CT molecular complexity index is 319. The highest BCUT2D eigenvalue weighted by atomic mass is 32.1. The number of thiocarbonyl (C=S) groups is 1. The van der Waals surface area contributed by atoms with Crippen molar-refractivity contribution in [1.29, 1.82) is 0 Å². The molecule has 0 radical (unpaired) electrons. The Balaban J connectivity index is 2.80. The lowest BCUT2D eigenvalue weighted by Crippen LogP contribution is -2.18. The van der Waals surface area contributed by atoms with E-state index in [1.165, 1.54) is 0 Å². The second-order valence-electron chi connectivity index (χ2n) is 3.73. The summed E-state index contributed by atoms with van der Waals surface area (Å²) in [5.41, 5.74) is 5.60. The molecule has 1 heterocycles. The normalized spacial score (nSPS) is 12.7. The lowest BCUT2D eigenvalue weighted by atomic mass is 10.1. The van der Waals surface area contributed by atoms with Gasteiger partial charge in [0.15, 0.2) is 0 Å². The van der Waals surface area contributed by atoms with Crippen LogP contribution in [-0.2, 0) is 6.42 Å². The molecule has 1 rings (SSSR count). The maximum absolute atomic E-state index is 5.60. The zero-order chi connectivity index (χ0) is 11.3. The van der Waals surface area contributed by atoms with Gasteiger partial charge in [0, 0.05) is 31.3 Å². The van der Waals surface area contributed by atoms with Gasteiger partial charge in [-0.1, -0.05) is 26.1 Å². The van der Waals surface area contributed by atoms with Crippen LogP contribution in [0.1, 0.15) is 45.0 Å². The minimum Gasteiger partial charge on any atom is -0.393 e. The third kappa shape index (κ3) is 3.30. The number of imidazole rings is 1. The number of rotatable bonds is 6. The first-order chi connectivity index (χ1) is 7.19. The summed E-state index contributed by atoms with van der Waals surface area (Å²) in [6.45, 7) is 4.31. The van der Waals surface area contributed by atoms with Crippen molar-refractivity contribution in [3.63, 3.8) is 0 Å². The third-order valence-electron chi connectivity index (χ3n) is 2.52. The monoisotopic (exact) mass is 225 g/mol. The molecular formula is C11H19N3S. The predicted molar refractivity (Wildman–Crippen MR) is 67.0 cm³/mol. The van der Waals surface area contributed by atoms with Gasteiger partial charge in [-0.3, -0.25) is 0 Å². The molecule has 1 aromatic heterocycles. The summed E-state index contributed by atoms with van der Waals surface area (Å²) in [6.07, 6.45) is 7.80. The number of aryl methyl sites for hydroxylation is 1. The highest BCUT2D eigenvalue weighted by molar-refractivity contribution is 7.80. The van der Waals surface area contributed by atoms with E-state index in [0.29, 0.717) is 11.0 Å². The smallest absolute Gasteiger partial charge is 0.108 e. The average Bonchev–Trinajstić information content (AvgIpc) is 2.63. The van der Waals surface area contributed by atoms with Crippen molar-refractivity contribution in [3.05, 3.63) is 18.2 Å². The summed E-state index contributed by atoms with van der Waals surface area (Å²) in [4.78, 5) is 4.94. The van der Waals surface area contributed by atoms with Crippen molar-refractivity contribution >= 4 is 17.2 Å². The van der Waals surface area contributed by atoms with Gasteiger partial charge in [0.25, 0.3) is 0 Å². The molecule has 84 valence electrons. The molecule has 0 fully saturated rings. The van der Waals surface area contributed by atoms with E-state index in [1.807, 2.05) is 12.4 Å². The number of nitrogens with zero attached hydrogens (tertiary/aromatic N) is 2. The van der Waals surface area contributed by atoms with E-state index in [4.69, 9.17) is 18.0 Å². The van der Waals surface area contributed by atoms with Crippen LogP contribution >= 0.6 is 12.2 Å². The molecule has 1 aromatic rings. The van der Waals surface area contributed by atoms with Gasteiger partial charge in [-0.2, -0.15) is 0 Å². The summed E-state index contributed by atoms with van der Waals surface area (Å²) in [7, 11) is 0. The van der Waals surface area contributed by atoms with Crippen LogP contribution in [0.25, 0.3) is 0 Å². The maximum Gasteiger partial charge on any atom is 0.108 e. The molecule has 0 aromatic carbocycles. The molecule has 0 saturated heterocycles. The summed E-state index contributed by atoms with van der Waals surface area (Å²) < 4.78 is 2.21. The molecule has 15 heavy (non-hydrogen) atoms. The molecule has 0 aliphatic carbocycles. The molecule has 0 saturated carbocycles. The van der Waals surface area contributed by atoms with Crippen LogP contribution in [-0.4, -0.2) is 14.5 Å². The van der Waals surface area contributed by atoms with Crippen LogP contribution in [0.2, 0.25) is 0 Å². The Morgan fingerprint density at radius 3 is 2.87 bits per heavy atom. The van der Waals surface area contributed by atoms with E-state index in [9.17, 15) is 0 Å². The topological polar surface area (TPSA) is 43.8 Å². The summed E-state index contributed by atoms with van der Waals surface area (Å²) in [6, 6.07) is 0.367. The van der Waals surface area contributed by atoms with E-state index >= 15 is 0 Å². The van der Waals surface area contributed by atoms with E-state index in [0.717, 1.165) is 31.5 Å². The van der Waals surface area contributed by atoms with Gasteiger partial charge in [0.05, 0.1) is 4.99 Å². The average molecular weight is 225 g/mol. The van der Waals surface area contributed by atoms with Crippen molar-refractivity contribution in [2.75, 3.05) is 0 Å². The SMILES string of the molecule is CCCc1nccn1C(CC)CC(N)=S. The van der Waals surface area contributed by atoms with Gasteiger partial charge in [0.2, 0.25) is 0 Å².